The van der Waals surface area contributed by atoms with Gasteiger partial charge in [-0.2, -0.15) is 5.10 Å². The molecule has 1 amide bonds. The Morgan fingerprint density at radius 1 is 1.06 bits per heavy atom. The maximum absolute atomic E-state index is 13.2. The molecule has 0 saturated heterocycles. The molecule has 0 saturated carbocycles. The fraction of sp³-hybridized carbons (Fsp3) is 0.160. The molecule has 2 N–H and O–H groups in total. The highest BCUT2D eigenvalue weighted by Gasteiger charge is 2.22. The number of sulfonamides is 1. The summed E-state index contributed by atoms with van der Waals surface area (Å²) >= 11 is 0. The van der Waals surface area contributed by atoms with Crippen molar-refractivity contribution in [2.24, 2.45) is 0 Å². The van der Waals surface area contributed by atoms with Crippen molar-refractivity contribution >= 4 is 21.6 Å². The molecule has 1 unspecified atom stereocenters. The van der Waals surface area contributed by atoms with Crippen LogP contribution in [0.4, 0.5) is 5.69 Å². The lowest BCUT2D eigenvalue weighted by atomic mass is 10.1. The minimum Gasteiger partial charge on any atom is -0.497 e. The van der Waals surface area contributed by atoms with Gasteiger partial charge in [-0.1, -0.05) is 36.4 Å². The number of nitrogens with one attached hydrogen (secondary N) is 2. The fourth-order valence-corrected chi connectivity index (χ4v) is 4.91. The molecule has 4 aromatic rings. The van der Waals surface area contributed by atoms with E-state index in [2.05, 4.69) is 20.1 Å². The van der Waals surface area contributed by atoms with Crippen molar-refractivity contribution < 1.29 is 17.9 Å². The van der Waals surface area contributed by atoms with Gasteiger partial charge in [0, 0.05) is 11.3 Å². The highest BCUT2D eigenvalue weighted by atomic mass is 32.2. The summed E-state index contributed by atoms with van der Waals surface area (Å²) in [6.07, 6.45) is 3.00. The van der Waals surface area contributed by atoms with Crippen LogP contribution in [0.3, 0.4) is 0 Å². The van der Waals surface area contributed by atoms with Gasteiger partial charge < -0.3 is 10.1 Å². The molecule has 1 heterocycles. The number of aromatic nitrogens is 3. The van der Waals surface area contributed by atoms with Crippen molar-refractivity contribution in [3.63, 3.8) is 0 Å². The highest BCUT2D eigenvalue weighted by Crippen LogP contribution is 2.23. The maximum atomic E-state index is 13.2. The molecule has 3 aromatic carbocycles. The lowest BCUT2D eigenvalue weighted by molar-refractivity contribution is 0.0931. The van der Waals surface area contributed by atoms with Crippen LogP contribution in [0.1, 0.15) is 27.5 Å². The van der Waals surface area contributed by atoms with Gasteiger partial charge in [-0.3, -0.25) is 14.2 Å². The Morgan fingerprint density at radius 3 is 2.46 bits per heavy atom. The van der Waals surface area contributed by atoms with E-state index < -0.39 is 22.0 Å². The summed E-state index contributed by atoms with van der Waals surface area (Å²) < 4.78 is 35.5. The summed E-state index contributed by atoms with van der Waals surface area (Å²) in [5.74, 6) is 0.210. The Bertz CT molecular complexity index is 1390. The van der Waals surface area contributed by atoms with Gasteiger partial charge >= 0.3 is 0 Å². The number of benzene rings is 3. The molecule has 1 atom stereocenters. The van der Waals surface area contributed by atoms with Crippen molar-refractivity contribution in [1.82, 2.24) is 20.1 Å². The number of anilines is 1. The van der Waals surface area contributed by atoms with Gasteiger partial charge in [-0.05, 0) is 54.4 Å². The first kappa shape index (κ1) is 24.0. The number of carbonyl (C=O) groups excluding carboxylic acids is 1. The van der Waals surface area contributed by atoms with E-state index in [-0.39, 0.29) is 10.5 Å². The average molecular weight is 492 g/mol. The monoisotopic (exact) mass is 491 g/mol. The molecule has 0 spiro atoms. The van der Waals surface area contributed by atoms with Crippen LogP contribution in [-0.2, 0) is 16.6 Å². The third kappa shape index (κ3) is 5.85. The standard InChI is InChI=1S/C25H25N5O4S/c1-18-8-9-20(14-24(18)35(32,33)29-21-10-12-22(34-2)13-11-21)25(31)28-23(15-30-17-26-16-27-30)19-6-4-3-5-7-19/h3-14,16-17,23,29H,15H2,1-2H3,(H,28,31). The van der Waals surface area contributed by atoms with Crippen molar-refractivity contribution in [1.29, 1.82) is 0 Å². The molecule has 10 heteroatoms. The zero-order valence-corrected chi connectivity index (χ0v) is 20.1. The van der Waals surface area contributed by atoms with Gasteiger partial charge in [-0.25, -0.2) is 13.4 Å². The first-order chi connectivity index (χ1) is 16.9. The molecule has 9 nitrogen and oxygen atoms in total. The van der Waals surface area contributed by atoms with Crippen molar-refractivity contribution in [3.8, 4) is 5.75 Å². The Labute approximate surface area is 203 Å². The number of rotatable bonds is 9. The van der Waals surface area contributed by atoms with E-state index in [0.717, 1.165) is 5.56 Å². The Morgan fingerprint density at radius 2 is 1.80 bits per heavy atom. The van der Waals surface area contributed by atoms with Gasteiger partial charge in [0.1, 0.15) is 18.4 Å². The summed E-state index contributed by atoms with van der Waals surface area (Å²) in [5, 5.41) is 7.12. The van der Waals surface area contributed by atoms with Crippen LogP contribution in [0, 0.1) is 6.92 Å². The number of amides is 1. The zero-order valence-electron chi connectivity index (χ0n) is 19.3. The maximum Gasteiger partial charge on any atom is 0.262 e. The van der Waals surface area contributed by atoms with E-state index >= 15 is 0 Å². The summed E-state index contributed by atoms with van der Waals surface area (Å²) in [6, 6.07) is 20.2. The second-order valence-corrected chi connectivity index (χ2v) is 9.52. The minimum atomic E-state index is -3.93. The van der Waals surface area contributed by atoms with Crippen LogP contribution in [0.25, 0.3) is 0 Å². The fourth-order valence-electron chi connectivity index (χ4n) is 3.58. The van der Waals surface area contributed by atoms with E-state index in [1.54, 1.807) is 54.3 Å². The molecule has 0 bridgehead atoms. The molecule has 180 valence electrons. The van der Waals surface area contributed by atoms with Crippen LogP contribution in [0.5, 0.6) is 5.75 Å². The Kier molecular flexibility index (Phi) is 7.11. The van der Waals surface area contributed by atoms with Gasteiger partial charge in [0.2, 0.25) is 0 Å². The molecule has 35 heavy (non-hydrogen) atoms. The molecule has 0 fully saturated rings. The molecule has 0 radical (unpaired) electrons. The topological polar surface area (TPSA) is 115 Å². The molecular formula is C25H25N5O4S. The number of methoxy groups -OCH3 is 1. The van der Waals surface area contributed by atoms with E-state index in [1.807, 2.05) is 30.3 Å². The van der Waals surface area contributed by atoms with Crippen LogP contribution in [-0.4, -0.2) is 36.2 Å². The lowest BCUT2D eigenvalue weighted by Gasteiger charge is -2.20. The number of aryl methyl sites for hydroxylation is 1. The van der Waals surface area contributed by atoms with Gasteiger partial charge in [-0.15, -0.1) is 0 Å². The number of hydrogen-bond acceptors (Lipinski definition) is 6. The second kappa shape index (κ2) is 10.4. The second-order valence-electron chi connectivity index (χ2n) is 7.87. The SMILES string of the molecule is COc1ccc(NS(=O)(=O)c2cc(C(=O)NC(Cn3cncn3)c3ccccc3)ccc2C)cc1. The molecule has 0 aliphatic heterocycles. The highest BCUT2D eigenvalue weighted by molar-refractivity contribution is 7.92. The molecule has 0 aliphatic carbocycles. The van der Waals surface area contributed by atoms with Gasteiger partial charge in [0.25, 0.3) is 15.9 Å². The molecule has 4 rings (SSSR count). The van der Waals surface area contributed by atoms with Crippen molar-refractivity contribution in [3.05, 3.63) is 102 Å². The van der Waals surface area contributed by atoms with E-state index in [4.69, 9.17) is 4.74 Å². The van der Waals surface area contributed by atoms with Gasteiger partial charge in [0.05, 0.1) is 24.6 Å². The third-order valence-corrected chi connectivity index (χ3v) is 6.95. The van der Waals surface area contributed by atoms with Crippen LogP contribution >= 0.6 is 0 Å². The third-order valence-electron chi connectivity index (χ3n) is 5.43. The lowest BCUT2D eigenvalue weighted by Crippen LogP contribution is -2.32. The summed E-state index contributed by atoms with van der Waals surface area (Å²) in [6.45, 7) is 2.05. The number of hydrogen-bond donors (Lipinski definition) is 2. The largest absolute Gasteiger partial charge is 0.497 e. The van der Waals surface area contributed by atoms with Crippen LogP contribution < -0.4 is 14.8 Å². The van der Waals surface area contributed by atoms with E-state index in [9.17, 15) is 13.2 Å². The van der Waals surface area contributed by atoms with E-state index in [0.29, 0.717) is 23.5 Å². The van der Waals surface area contributed by atoms with Gasteiger partial charge in [0.15, 0.2) is 0 Å². The first-order valence-electron chi connectivity index (χ1n) is 10.8. The molecule has 0 aliphatic rings. The van der Waals surface area contributed by atoms with Crippen molar-refractivity contribution in [2.45, 2.75) is 24.4 Å². The Balaban J connectivity index is 1.58. The first-order valence-corrected chi connectivity index (χ1v) is 12.3. The summed E-state index contributed by atoms with van der Waals surface area (Å²) in [4.78, 5) is 17.2. The zero-order chi connectivity index (χ0) is 24.8. The van der Waals surface area contributed by atoms with Crippen molar-refractivity contribution in [2.75, 3.05) is 11.8 Å². The predicted octanol–water partition coefficient (Wildman–Crippen LogP) is 3.57. The smallest absolute Gasteiger partial charge is 0.262 e. The predicted molar refractivity (Wildman–Crippen MR) is 132 cm³/mol. The normalized spacial score (nSPS) is 12.1. The number of nitrogens with zero attached hydrogens (tertiary/aromatic N) is 3. The quantitative estimate of drug-likeness (QED) is 0.370. The Hall–Kier alpha value is -4.18. The minimum absolute atomic E-state index is 0.0218. The summed E-state index contributed by atoms with van der Waals surface area (Å²) in [5.41, 5.74) is 2.02. The average Bonchev–Trinajstić information content (AvgIpc) is 3.38. The molecular weight excluding hydrogens is 466 g/mol. The molecule has 1 aromatic heterocycles. The van der Waals surface area contributed by atoms with E-state index in [1.165, 1.54) is 19.5 Å². The van der Waals surface area contributed by atoms with Crippen LogP contribution in [0.2, 0.25) is 0 Å². The number of ether oxygens (including phenoxy) is 1. The number of carbonyl (C=O) groups is 1. The summed E-state index contributed by atoms with van der Waals surface area (Å²) in [7, 11) is -2.40. The van der Waals surface area contributed by atoms with Crippen LogP contribution in [0.15, 0.2) is 90.3 Å².